The zero-order valence-electron chi connectivity index (χ0n) is 11.9. The first-order valence-electron chi connectivity index (χ1n) is 6.53. The van der Waals surface area contributed by atoms with Gasteiger partial charge in [-0.15, -0.1) is 5.10 Å². The average molecular weight is 332 g/mol. The van der Waals surface area contributed by atoms with Crippen LogP contribution >= 0.6 is 11.6 Å². The van der Waals surface area contributed by atoms with Gasteiger partial charge in [-0.05, 0) is 36.8 Å². The highest BCUT2D eigenvalue weighted by atomic mass is 35.5. The lowest BCUT2D eigenvalue weighted by atomic mass is 10.2. The zero-order valence-corrected chi connectivity index (χ0v) is 12.6. The minimum atomic E-state index is -0.522. The smallest absolute Gasteiger partial charge is 0.306 e. The van der Waals surface area contributed by atoms with Crippen LogP contribution in [0.15, 0.2) is 36.4 Å². The molecule has 3 rings (SSSR count). The number of halogens is 1. The normalized spacial score (nSPS) is 10.7. The number of nitrogens with zero attached hydrogens (tertiary/aromatic N) is 4. The molecule has 2 aromatic carbocycles. The summed E-state index contributed by atoms with van der Waals surface area (Å²) in [5.74, 6) is 0. The Kier molecular flexibility index (Phi) is 3.67. The van der Waals surface area contributed by atoms with Gasteiger partial charge >= 0.3 is 6.03 Å². The first-order chi connectivity index (χ1) is 11.0. The summed E-state index contributed by atoms with van der Waals surface area (Å²) >= 11 is 5.87. The van der Waals surface area contributed by atoms with E-state index in [2.05, 4.69) is 15.6 Å². The third-order valence-electron chi connectivity index (χ3n) is 3.26. The number of hydrogen-bond donors (Lipinski definition) is 1. The van der Waals surface area contributed by atoms with E-state index in [9.17, 15) is 14.9 Å². The topological polar surface area (TPSA) is 103 Å². The van der Waals surface area contributed by atoms with Crippen molar-refractivity contribution in [2.24, 2.45) is 0 Å². The molecule has 0 atom stereocenters. The molecule has 1 amide bonds. The molecule has 3 aromatic rings. The van der Waals surface area contributed by atoms with Crippen LogP contribution in [-0.2, 0) is 0 Å². The summed E-state index contributed by atoms with van der Waals surface area (Å²) in [5.41, 5.74) is 1.99. The van der Waals surface area contributed by atoms with Gasteiger partial charge in [0, 0.05) is 22.8 Å². The fourth-order valence-corrected chi connectivity index (χ4v) is 2.28. The van der Waals surface area contributed by atoms with Crippen molar-refractivity contribution in [3.05, 3.63) is 57.1 Å². The lowest BCUT2D eigenvalue weighted by Crippen LogP contribution is -2.21. The Bertz CT molecular complexity index is 937. The monoisotopic (exact) mass is 331 g/mol. The van der Waals surface area contributed by atoms with Crippen LogP contribution in [0.3, 0.4) is 0 Å². The van der Waals surface area contributed by atoms with Crippen LogP contribution in [0.25, 0.3) is 11.0 Å². The van der Waals surface area contributed by atoms with Crippen molar-refractivity contribution in [2.45, 2.75) is 6.92 Å². The van der Waals surface area contributed by atoms with Crippen molar-refractivity contribution in [3.8, 4) is 0 Å². The first kappa shape index (κ1) is 14.9. The average Bonchev–Trinajstić information content (AvgIpc) is 2.92. The number of nitro benzene ring substituents is 1. The maximum Gasteiger partial charge on any atom is 0.348 e. The van der Waals surface area contributed by atoms with Crippen molar-refractivity contribution in [3.63, 3.8) is 0 Å². The lowest BCUT2D eigenvalue weighted by Gasteiger charge is -2.08. The molecule has 0 spiro atoms. The Balaban J connectivity index is 1.90. The van der Waals surface area contributed by atoms with Crippen LogP contribution in [0.4, 0.5) is 16.2 Å². The number of amides is 1. The molecule has 0 aliphatic rings. The maximum atomic E-state index is 12.3. The fraction of sp³-hybridized carbons (Fsp3) is 0.0714. The molecule has 0 bridgehead atoms. The van der Waals surface area contributed by atoms with Crippen LogP contribution in [0, 0.1) is 17.0 Å². The summed E-state index contributed by atoms with van der Waals surface area (Å²) in [6.45, 7) is 1.67. The molecular weight excluding hydrogens is 322 g/mol. The van der Waals surface area contributed by atoms with E-state index in [0.717, 1.165) is 4.68 Å². The summed E-state index contributed by atoms with van der Waals surface area (Å²) in [6.07, 6.45) is 0. The molecule has 0 saturated carbocycles. The SMILES string of the molecule is Cc1cc([N+](=O)[O-])ccc1NC(=O)n1nnc2cc(Cl)ccc21. The van der Waals surface area contributed by atoms with Gasteiger partial charge in [-0.2, -0.15) is 4.68 Å². The van der Waals surface area contributed by atoms with Gasteiger partial charge in [0.15, 0.2) is 0 Å². The zero-order chi connectivity index (χ0) is 16.6. The summed E-state index contributed by atoms with van der Waals surface area (Å²) in [7, 11) is 0. The second kappa shape index (κ2) is 5.65. The van der Waals surface area contributed by atoms with Crippen LogP contribution in [0.2, 0.25) is 5.02 Å². The minimum Gasteiger partial charge on any atom is -0.306 e. The van der Waals surface area contributed by atoms with E-state index in [1.165, 1.54) is 18.2 Å². The first-order valence-corrected chi connectivity index (χ1v) is 6.91. The molecule has 1 aromatic heterocycles. The maximum absolute atomic E-state index is 12.3. The van der Waals surface area contributed by atoms with E-state index in [4.69, 9.17) is 11.6 Å². The molecule has 0 fully saturated rings. The highest BCUT2D eigenvalue weighted by molar-refractivity contribution is 6.31. The number of rotatable bonds is 2. The number of nitrogens with one attached hydrogen (secondary N) is 1. The van der Waals surface area contributed by atoms with Crippen molar-refractivity contribution in [1.82, 2.24) is 15.0 Å². The highest BCUT2D eigenvalue weighted by Gasteiger charge is 2.15. The molecule has 0 radical (unpaired) electrons. The molecule has 0 unspecified atom stereocenters. The number of carbonyl (C=O) groups is 1. The van der Waals surface area contributed by atoms with Gasteiger partial charge in [-0.3, -0.25) is 10.1 Å². The van der Waals surface area contributed by atoms with Crippen molar-refractivity contribution in [1.29, 1.82) is 0 Å². The molecule has 23 heavy (non-hydrogen) atoms. The second-order valence-electron chi connectivity index (χ2n) is 4.82. The molecule has 0 aliphatic heterocycles. The van der Waals surface area contributed by atoms with Gasteiger partial charge in [0.25, 0.3) is 5.69 Å². The molecule has 0 saturated heterocycles. The third-order valence-corrected chi connectivity index (χ3v) is 3.50. The lowest BCUT2D eigenvalue weighted by molar-refractivity contribution is -0.384. The molecule has 9 heteroatoms. The van der Waals surface area contributed by atoms with Crippen LogP contribution in [0.1, 0.15) is 5.56 Å². The van der Waals surface area contributed by atoms with Crippen LogP contribution in [-0.4, -0.2) is 25.9 Å². The van der Waals surface area contributed by atoms with Crippen molar-refractivity contribution in [2.75, 3.05) is 5.32 Å². The second-order valence-corrected chi connectivity index (χ2v) is 5.26. The Labute approximate surface area is 134 Å². The van der Waals surface area contributed by atoms with Crippen molar-refractivity contribution >= 4 is 40.0 Å². The van der Waals surface area contributed by atoms with E-state index < -0.39 is 11.0 Å². The Morgan fingerprint density at radius 3 is 2.78 bits per heavy atom. The largest absolute Gasteiger partial charge is 0.348 e. The number of aromatic nitrogens is 3. The number of anilines is 1. The number of benzene rings is 2. The standard InChI is InChI=1S/C14H10ClN5O3/c1-8-6-10(20(22)23)3-4-11(8)16-14(21)19-13-5-2-9(15)7-12(13)17-18-19/h2-7H,1H3,(H,16,21). The summed E-state index contributed by atoms with van der Waals surface area (Å²) < 4.78 is 1.10. The van der Waals surface area contributed by atoms with Gasteiger partial charge in [0.05, 0.1) is 10.4 Å². The molecule has 0 aliphatic carbocycles. The number of non-ortho nitro benzene ring substituents is 1. The van der Waals surface area contributed by atoms with Gasteiger partial charge in [0.2, 0.25) is 0 Å². The molecular formula is C14H10ClN5O3. The predicted octanol–water partition coefficient (Wildman–Crippen LogP) is 3.38. The molecule has 8 nitrogen and oxygen atoms in total. The van der Waals surface area contributed by atoms with Crippen LogP contribution in [0.5, 0.6) is 0 Å². The Hall–Kier alpha value is -3.00. The van der Waals surface area contributed by atoms with Gasteiger partial charge in [-0.1, -0.05) is 16.8 Å². The van der Waals surface area contributed by atoms with E-state index in [-0.39, 0.29) is 5.69 Å². The highest BCUT2D eigenvalue weighted by Crippen LogP contribution is 2.22. The van der Waals surface area contributed by atoms with Gasteiger partial charge < -0.3 is 5.32 Å². The summed E-state index contributed by atoms with van der Waals surface area (Å²) in [4.78, 5) is 22.6. The Morgan fingerprint density at radius 1 is 1.30 bits per heavy atom. The summed E-state index contributed by atoms with van der Waals surface area (Å²) in [6, 6.07) is 8.53. The number of aryl methyl sites for hydroxylation is 1. The quantitative estimate of drug-likeness (QED) is 0.572. The van der Waals surface area contributed by atoms with Crippen molar-refractivity contribution < 1.29 is 9.72 Å². The van der Waals surface area contributed by atoms with Crippen LogP contribution < -0.4 is 5.32 Å². The third kappa shape index (κ3) is 2.84. The number of fused-ring (bicyclic) bond motifs is 1. The van der Waals surface area contributed by atoms with E-state index in [0.29, 0.717) is 27.3 Å². The Morgan fingerprint density at radius 2 is 2.09 bits per heavy atom. The van der Waals surface area contributed by atoms with Gasteiger partial charge in [-0.25, -0.2) is 4.79 Å². The minimum absolute atomic E-state index is 0.0404. The number of carbonyl (C=O) groups excluding carboxylic acids is 1. The molecule has 1 heterocycles. The summed E-state index contributed by atoms with van der Waals surface area (Å²) in [5, 5.41) is 21.6. The fourth-order valence-electron chi connectivity index (χ4n) is 2.12. The number of nitro groups is 1. The van der Waals surface area contributed by atoms with E-state index >= 15 is 0 Å². The number of hydrogen-bond acceptors (Lipinski definition) is 5. The predicted molar refractivity (Wildman–Crippen MR) is 84.8 cm³/mol. The molecule has 1 N–H and O–H groups in total. The van der Waals surface area contributed by atoms with E-state index in [1.807, 2.05) is 0 Å². The van der Waals surface area contributed by atoms with Gasteiger partial charge in [0.1, 0.15) is 5.52 Å². The van der Waals surface area contributed by atoms with E-state index in [1.54, 1.807) is 25.1 Å². The molecule has 116 valence electrons.